The fraction of sp³-hybridized carbons (Fsp3) is 0.211. The zero-order chi connectivity index (χ0) is 16.7. The van der Waals surface area contributed by atoms with E-state index >= 15 is 0 Å². The largest absolute Gasteiger partial charge is 0.486 e. The van der Waals surface area contributed by atoms with Crippen LogP contribution in [-0.2, 0) is 6.61 Å². The van der Waals surface area contributed by atoms with Crippen LogP contribution in [0, 0.1) is 23.6 Å². The van der Waals surface area contributed by atoms with Crippen molar-refractivity contribution < 1.29 is 14.3 Å². The van der Waals surface area contributed by atoms with Gasteiger partial charge in [0, 0.05) is 11.5 Å². The van der Waals surface area contributed by atoms with Crippen LogP contribution in [0.4, 0.5) is 4.39 Å². The number of hydrogen-bond acceptors (Lipinski definition) is 3. The third-order valence-electron chi connectivity index (χ3n) is 3.06. The summed E-state index contributed by atoms with van der Waals surface area (Å²) in [7, 11) is 0. The van der Waals surface area contributed by atoms with Crippen molar-refractivity contribution in [3.8, 4) is 17.6 Å². The molecule has 0 spiro atoms. The van der Waals surface area contributed by atoms with Crippen LogP contribution in [-0.4, -0.2) is 11.4 Å². The number of nitrogens with zero attached hydrogens (tertiary/aromatic N) is 1. The van der Waals surface area contributed by atoms with E-state index in [-0.39, 0.29) is 23.8 Å². The molecule has 0 radical (unpaired) electrons. The molecule has 118 valence electrons. The van der Waals surface area contributed by atoms with E-state index in [0.717, 1.165) is 11.8 Å². The Kier molecular flexibility index (Phi) is 5.76. The zero-order valence-corrected chi connectivity index (χ0v) is 13.1. The van der Waals surface area contributed by atoms with Crippen molar-refractivity contribution in [3.63, 3.8) is 0 Å². The average molecular weight is 311 g/mol. The Balaban J connectivity index is 2.28. The summed E-state index contributed by atoms with van der Waals surface area (Å²) in [6.45, 7) is 4.14. The van der Waals surface area contributed by atoms with Gasteiger partial charge in [-0.15, -0.1) is 0 Å². The maximum absolute atomic E-state index is 14.6. The van der Waals surface area contributed by atoms with E-state index in [2.05, 4.69) is 17.0 Å². The molecular weight excluding hydrogens is 293 g/mol. The summed E-state index contributed by atoms with van der Waals surface area (Å²) < 4.78 is 20.1. The molecule has 2 aromatic carbocycles. The van der Waals surface area contributed by atoms with Crippen LogP contribution in [0.15, 0.2) is 47.6 Å². The minimum absolute atomic E-state index is 0.0962. The lowest BCUT2D eigenvalue weighted by Gasteiger charge is -2.10. The van der Waals surface area contributed by atoms with Crippen LogP contribution >= 0.6 is 0 Å². The maximum Gasteiger partial charge on any atom is 0.175 e. The van der Waals surface area contributed by atoms with Gasteiger partial charge in [-0.25, -0.2) is 4.39 Å². The van der Waals surface area contributed by atoms with Crippen molar-refractivity contribution in [2.75, 3.05) is 0 Å². The summed E-state index contributed by atoms with van der Waals surface area (Å²) in [6, 6.07) is 12.7. The molecule has 1 N–H and O–H groups in total. The van der Waals surface area contributed by atoms with E-state index in [9.17, 15) is 4.39 Å². The molecule has 0 atom stereocenters. The number of rotatable bonds is 4. The summed E-state index contributed by atoms with van der Waals surface area (Å²) in [5.41, 5.74) is 1.51. The molecule has 0 aliphatic rings. The molecule has 0 saturated heterocycles. The average Bonchev–Trinajstić information content (AvgIpc) is 2.55. The highest BCUT2D eigenvalue weighted by atomic mass is 19.1. The predicted octanol–water partition coefficient (Wildman–Crippen LogP) is 4.22. The maximum atomic E-state index is 14.6. The Hall–Kier alpha value is -2.80. The Bertz CT molecular complexity index is 743. The smallest absolute Gasteiger partial charge is 0.175 e. The molecule has 0 fully saturated rings. The fourth-order valence-corrected chi connectivity index (χ4v) is 1.93. The molecule has 2 aromatic rings. The fourth-order valence-electron chi connectivity index (χ4n) is 1.93. The minimum atomic E-state index is -0.589. The van der Waals surface area contributed by atoms with E-state index in [4.69, 9.17) is 9.94 Å². The van der Waals surface area contributed by atoms with Gasteiger partial charge in [-0.1, -0.05) is 61.2 Å². The van der Waals surface area contributed by atoms with Gasteiger partial charge in [0.05, 0.1) is 11.8 Å². The molecule has 0 unspecified atom stereocenters. The van der Waals surface area contributed by atoms with Crippen LogP contribution in [0.5, 0.6) is 5.75 Å². The Morgan fingerprint density at radius 2 is 1.96 bits per heavy atom. The molecule has 0 heterocycles. The van der Waals surface area contributed by atoms with Crippen molar-refractivity contribution in [1.82, 2.24) is 0 Å². The monoisotopic (exact) mass is 311 g/mol. The molecule has 0 aliphatic heterocycles. The van der Waals surface area contributed by atoms with Gasteiger partial charge in [-0.2, -0.15) is 0 Å². The number of benzene rings is 2. The molecule has 23 heavy (non-hydrogen) atoms. The quantitative estimate of drug-likeness (QED) is 0.397. The van der Waals surface area contributed by atoms with Gasteiger partial charge >= 0.3 is 0 Å². The summed E-state index contributed by atoms with van der Waals surface area (Å²) in [5, 5.41) is 11.7. The van der Waals surface area contributed by atoms with Crippen molar-refractivity contribution in [2.24, 2.45) is 11.1 Å². The third-order valence-corrected chi connectivity index (χ3v) is 3.06. The van der Waals surface area contributed by atoms with E-state index in [1.807, 2.05) is 44.2 Å². The summed E-state index contributed by atoms with van der Waals surface area (Å²) in [4.78, 5) is 0. The Labute approximate surface area is 135 Å². The van der Waals surface area contributed by atoms with E-state index < -0.39 is 5.82 Å². The third kappa shape index (κ3) is 4.58. The highest BCUT2D eigenvalue weighted by Crippen LogP contribution is 2.23. The first kappa shape index (κ1) is 16.6. The van der Waals surface area contributed by atoms with Crippen LogP contribution < -0.4 is 4.74 Å². The zero-order valence-electron chi connectivity index (χ0n) is 13.1. The topological polar surface area (TPSA) is 41.8 Å². The Morgan fingerprint density at radius 3 is 2.61 bits per heavy atom. The normalized spacial score (nSPS) is 10.6. The Morgan fingerprint density at radius 1 is 1.22 bits per heavy atom. The van der Waals surface area contributed by atoms with Crippen molar-refractivity contribution in [2.45, 2.75) is 20.5 Å². The second kappa shape index (κ2) is 8.00. The first-order valence-corrected chi connectivity index (χ1v) is 7.30. The van der Waals surface area contributed by atoms with Gasteiger partial charge in [0.15, 0.2) is 11.6 Å². The first-order valence-electron chi connectivity index (χ1n) is 7.30. The van der Waals surface area contributed by atoms with Crippen molar-refractivity contribution in [1.29, 1.82) is 0 Å². The summed E-state index contributed by atoms with van der Waals surface area (Å²) in [5.74, 6) is 5.52. The molecule has 0 aliphatic carbocycles. The van der Waals surface area contributed by atoms with Crippen molar-refractivity contribution in [3.05, 3.63) is 65.0 Å². The SMILES string of the molecule is CC(C)C#Cc1ccc(OCc2ccccc2)c(F)c1C=NO. The molecule has 0 aromatic heterocycles. The van der Waals surface area contributed by atoms with Crippen LogP contribution in [0.1, 0.15) is 30.5 Å². The van der Waals surface area contributed by atoms with Crippen molar-refractivity contribution >= 4 is 6.21 Å². The lowest BCUT2D eigenvalue weighted by atomic mass is 10.1. The van der Waals surface area contributed by atoms with Gasteiger partial charge in [-0.3, -0.25) is 0 Å². The molecule has 0 bridgehead atoms. The second-order valence-corrected chi connectivity index (χ2v) is 5.28. The summed E-state index contributed by atoms with van der Waals surface area (Å²) in [6.07, 6.45) is 1.04. The molecular formula is C19H18FNO2. The van der Waals surface area contributed by atoms with Crippen LogP contribution in [0.25, 0.3) is 0 Å². The summed E-state index contributed by atoms with van der Waals surface area (Å²) >= 11 is 0. The number of hydrogen-bond donors (Lipinski definition) is 1. The number of halogens is 1. The molecule has 2 rings (SSSR count). The van der Waals surface area contributed by atoms with Gasteiger partial charge in [-0.05, 0) is 17.7 Å². The van der Waals surface area contributed by atoms with E-state index in [1.54, 1.807) is 6.07 Å². The molecule has 0 saturated carbocycles. The van der Waals surface area contributed by atoms with Crippen LogP contribution in [0.2, 0.25) is 0 Å². The highest BCUT2D eigenvalue weighted by Gasteiger charge is 2.12. The first-order chi connectivity index (χ1) is 11.1. The lowest BCUT2D eigenvalue weighted by molar-refractivity contribution is 0.290. The predicted molar refractivity (Wildman–Crippen MR) is 88.3 cm³/mol. The lowest BCUT2D eigenvalue weighted by Crippen LogP contribution is -2.02. The second-order valence-electron chi connectivity index (χ2n) is 5.28. The number of ether oxygens (including phenoxy) is 1. The van der Waals surface area contributed by atoms with E-state index in [1.165, 1.54) is 6.07 Å². The van der Waals surface area contributed by atoms with Gasteiger partial charge in [0.1, 0.15) is 6.61 Å². The van der Waals surface area contributed by atoms with Crippen LogP contribution in [0.3, 0.4) is 0 Å². The van der Waals surface area contributed by atoms with E-state index in [0.29, 0.717) is 5.56 Å². The van der Waals surface area contributed by atoms with Gasteiger partial charge < -0.3 is 9.94 Å². The van der Waals surface area contributed by atoms with Gasteiger partial charge in [0.25, 0.3) is 0 Å². The minimum Gasteiger partial charge on any atom is -0.486 e. The highest BCUT2D eigenvalue weighted by molar-refractivity contribution is 5.84. The molecule has 4 heteroatoms. The molecule has 0 amide bonds. The molecule has 3 nitrogen and oxygen atoms in total. The standard InChI is InChI=1S/C19H18FNO2/c1-14(2)8-9-16-10-11-18(19(20)17(16)12-21-22)23-13-15-6-4-3-5-7-15/h3-7,10-12,14,22H,13H2,1-2H3. The number of oxime groups is 1. The van der Waals surface area contributed by atoms with Gasteiger partial charge in [0.2, 0.25) is 0 Å².